The van der Waals surface area contributed by atoms with Crippen LogP contribution in [0.15, 0.2) is 89.8 Å². The standard InChI is InChI=1S/C29H35N3O4S/c1-4-19-30-29(34)27(5-2)31(21-24-14-12-13-23(3)20-24)28(33)22-32(25-15-8-6-9-16-25)37(35,36)26-17-10-7-11-18-26/h6-18,20,27H,4-5,19,21-22H2,1-3H3,(H,30,34). The zero-order valence-corrected chi connectivity index (χ0v) is 22.4. The van der Waals surface area contributed by atoms with Crippen LogP contribution in [-0.4, -0.2) is 44.3 Å². The van der Waals surface area contributed by atoms with Gasteiger partial charge in [0.2, 0.25) is 11.8 Å². The van der Waals surface area contributed by atoms with Gasteiger partial charge in [-0.1, -0.05) is 80.1 Å². The van der Waals surface area contributed by atoms with E-state index in [4.69, 9.17) is 0 Å². The Morgan fingerprint density at radius 1 is 0.892 bits per heavy atom. The molecule has 37 heavy (non-hydrogen) atoms. The molecule has 3 aromatic rings. The predicted octanol–water partition coefficient (Wildman–Crippen LogP) is 4.52. The summed E-state index contributed by atoms with van der Waals surface area (Å²) in [5, 5.41) is 2.89. The second kappa shape index (κ2) is 13.1. The Morgan fingerprint density at radius 2 is 1.54 bits per heavy atom. The van der Waals surface area contributed by atoms with Crippen LogP contribution in [0.4, 0.5) is 5.69 Å². The number of nitrogens with zero attached hydrogens (tertiary/aromatic N) is 2. The normalized spacial score (nSPS) is 12.0. The molecule has 8 heteroatoms. The number of anilines is 1. The van der Waals surface area contributed by atoms with Gasteiger partial charge in [-0.15, -0.1) is 0 Å². The summed E-state index contributed by atoms with van der Waals surface area (Å²) in [6.07, 6.45) is 1.16. The largest absolute Gasteiger partial charge is 0.354 e. The number of carbonyl (C=O) groups is 2. The zero-order chi connectivity index (χ0) is 26.8. The minimum absolute atomic E-state index is 0.0876. The van der Waals surface area contributed by atoms with Gasteiger partial charge < -0.3 is 10.2 Å². The lowest BCUT2D eigenvalue weighted by Gasteiger charge is -2.33. The quantitative estimate of drug-likeness (QED) is 0.380. The molecule has 1 atom stereocenters. The summed E-state index contributed by atoms with van der Waals surface area (Å²) in [6.45, 7) is 6.02. The molecule has 0 saturated heterocycles. The number of para-hydroxylation sites is 1. The van der Waals surface area contributed by atoms with Crippen molar-refractivity contribution in [1.82, 2.24) is 10.2 Å². The van der Waals surface area contributed by atoms with Crippen molar-refractivity contribution in [3.8, 4) is 0 Å². The van der Waals surface area contributed by atoms with Gasteiger partial charge in [-0.05, 0) is 49.6 Å². The molecule has 0 heterocycles. The van der Waals surface area contributed by atoms with E-state index in [0.29, 0.717) is 18.7 Å². The lowest BCUT2D eigenvalue weighted by atomic mass is 10.1. The molecule has 3 aromatic carbocycles. The lowest BCUT2D eigenvalue weighted by Crippen LogP contribution is -2.52. The van der Waals surface area contributed by atoms with Crippen molar-refractivity contribution in [1.29, 1.82) is 0 Å². The summed E-state index contributed by atoms with van der Waals surface area (Å²) in [7, 11) is -4.04. The number of rotatable bonds is 12. The van der Waals surface area contributed by atoms with Gasteiger partial charge in [-0.25, -0.2) is 8.42 Å². The van der Waals surface area contributed by atoms with Crippen LogP contribution in [0.2, 0.25) is 0 Å². The summed E-state index contributed by atoms with van der Waals surface area (Å²) in [6, 6.07) is 23.6. The number of carbonyl (C=O) groups excluding carboxylic acids is 2. The molecule has 0 aliphatic heterocycles. The smallest absolute Gasteiger partial charge is 0.264 e. The molecule has 0 spiro atoms. The molecule has 2 amide bonds. The Bertz CT molecular complexity index is 1280. The van der Waals surface area contributed by atoms with Crippen molar-refractivity contribution in [2.45, 2.75) is 51.1 Å². The summed E-state index contributed by atoms with van der Waals surface area (Å²) < 4.78 is 28.5. The number of hydrogen-bond acceptors (Lipinski definition) is 4. The monoisotopic (exact) mass is 521 g/mol. The number of nitrogens with one attached hydrogen (secondary N) is 1. The maximum absolute atomic E-state index is 13.9. The molecule has 0 bridgehead atoms. The molecule has 7 nitrogen and oxygen atoms in total. The van der Waals surface area contributed by atoms with E-state index in [9.17, 15) is 18.0 Å². The van der Waals surface area contributed by atoms with Gasteiger partial charge in [0, 0.05) is 13.1 Å². The van der Waals surface area contributed by atoms with Crippen LogP contribution in [0.25, 0.3) is 0 Å². The van der Waals surface area contributed by atoms with Crippen molar-refractivity contribution in [3.63, 3.8) is 0 Å². The van der Waals surface area contributed by atoms with E-state index in [1.54, 1.807) is 48.5 Å². The topological polar surface area (TPSA) is 86.8 Å². The SMILES string of the molecule is CCCNC(=O)C(CC)N(Cc1cccc(C)c1)C(=O)CN(c1ccccc1)S(=O)(=O)c1ccccc1. The second-order valence-corrected chi connectivity index (χ2v) is 10.7. The van der Waals surface area contributed by atoms with E-state index in [0.717, 1.165) is 21.9 Å². The molecule has 0 fully saturated rings. The summed E-state index contributed by atoms with van der Waals surface area (Å²) >= 11 is 0. The Kier molecular flexibility index (Phi) is 9.85. The maximum Gasteiger partial charge on any atom is 0.264 e. The van der Waals surface area contributed by atoms with Crippen LogP contribution in [0.3, 0.4) is 0 Å². The Hall–Kier alpha value is -3.65. The molecule has 1 unspecified atom stereocenters. The maximum atomic E-state index is 13.9. The van der Waals surface area contributed by atoms with Crippen LogP contribution < -0.4 is 9.62 Å². The molecule has 3 rings (SSSR count). The number of aryl methyl sites for hydroxylation is 1. The Labute approximate surface area is 220 Å². The summed E-state index contributed by atoms with van der Waals surface area (Å²) in [5.74, 6) is -0.703. The van der Waals surface area contributed by atoms with E-state index in [1.807, 2.05) is 45.0 Å². The molecular weight excluding hydrogens is 486 g/mol. The van der Waals surface area contributed by atoms with Crippen LogP contribution in [0.1, 0.15) is 37.8 Å². The lowest BCUT2D eigenvalue weighted by molar-refractivity contribution is -0.140. The van der Waals surface area contributed by atoms with E-state index in [1.165, 1.54) is 17.0 Å². The van der Waals surface area contributed by atoms with Crippen molar-refractivity contribution >= 4 is 27.5 Å². The Balaban J connectivity index is 2.01. The fourth-order valence-electron chi connectivity index (χ4n) is 4.14. The summed E-state index contributed by atoms with van der Waals surface area (Å²) in [4.78, 5) is 28.6. The minimum atomic E-state index is -4.04. The molecule has 196 valence electrons. The number of hydrogen-bond donors (Lipinski definition) is 1. The van der Waals surface area contributed by atoms with Gasteiger partial charge >= 0.3 is 0 Å². The van der Waals surface area contributed by atoms with E-state index >= 15 is 0 Å². The third-order valence-corrected chi connectivity index (χ3v) is 7.81. The van der Waals surface area contributed by atoms with Gasteiger partial charge in [-0.2, -0.15) is 0 Å². The molecule has 0 aromatic heterocycles. The zero-order valence-electron chi connectivity index (χ0n) is 21.6. The van der Waals surface area contributed by atoms with Gasteiger partial charge in [0.25, 0.3) is 10.0 Å². The fourth-order valence-corrected chi connectivity index (χ4v) is 5.57. The average Bonchev–Trinajstić information content (AvgIpc) is 2.91. The van der Waals surface area contributed by atoms with Gasteiger partial charge in [0.05, 0.1) is 10.6 Å². The van der Waals surface area contributed by atoms with E-state index < -0.39 is 28.5 Å². The first-order chi connectivity index (χ1) is 17.8. The second-order valence-electron chi connectivity index (χ2n) is 8.89. The number of sulfonamides is 1. The first-order valence-corrected chi connectivity index (χ1v) is 14.0. The van der Waals surface area contributed by atoms with Gasteiger partial charge in [-0.3, -0.25) is 13.9 Å². The molecule has 0 radical (unpaired) electrons. The number of amides is 2. The van der Waals surface area contributed by atoms with Crippen LogP contribution in [0.5, 0.6) is 0 Å². The van der Waals surface area contributed by atoms with Crippen LogP contribution in [-0.2, 0) is 26.2 Å². The van der Waals surface area contributed by atoms with Gasteiger partial charge in [0.15, 0.2) is 0 Å². The van der Waals surface area contributed by atoms with E-state index in [2.05, 4.69) is 5.32 Å². The molecule has 1 N–H and O–H groups in total. The molecule has 0 saturated carbocycles. The van der Waals surface area contributed by atoms with Crippen LogP contribution in [0, 0.1) is 6.92 Å². The van der Waals surface area contributed by atoms with Crippen molar-refractivity contribution in [2.24, 2.45) is 0 Å². The fraction of sp³-hybridized carbons (Fsp3) is 0.310. The third-order valence-electron chi connectivity index (χ3n) is 6.02. The molecule has 0 aliphatic rings. The highest BCUT2D eigenvalue weighted by atomic mass is 32.2. The molecule has 0 aliphatic carbocycles. The molecular formula is C29H35N3O4S. The summed E-state index contributed by atoms with van der Waals surface area (Å²) in [5.41, 5.74) is 2.27. The van der Waals surface area contributed by atoms with E-state index in [-0.39, 0.29) is 17.3 Å². The van der Waals surface area contributed by atoms with Gasteiger partial charge in [0.1, 0.15) is 12.6 Å². The third kappa shape index (κ3) is 7.20. The van der Waals surface area contributed by atoms with Crippen molar-refractivity contribution in [3.05, 3.63) is 96.1 Å². The highest BCUT2D eigenvalue weighted by molar-refractivity contribution is 7.92. The first kappa shape index (κ1) is 27.9. The average molecular weight is 522 g/mol. The van der Waals surface area contributed by atoms with Crippen molar-refractivity contribution in [2.75, 3.05) is 17.4 Å². The number of benzene rings is 3. The first-order valence-electron chi connectivity index (χ1n) is 12.5. The predicted molar refractivity (Wildman–Crippen MR) is 147 cm³/mol. The van der Waals surface area contributed by atoms with Crippen molar-refractivity contribution < 1.29 is 18.0 Å². The minimum Gasteiger partial charge on any atom is -0.354 e. The highest BCUT2D eigenvalue weighted by Gasteiger charge is 2.33. The van der Waals surface area contributed by atoms with Crippen LogP contribution >= 0.6 is 0 Å². The highest BCUT2D eigenvalue weighted by Crippen LogP contribution is 2.24. The Morgan fingerprint density at radius 3 is 2.14 bits per heavy atom.